The van der Waals surface area contributed by atoms with Gasteiger partial charge >= 0.3 is 5.97 Å². The molecule has 0 fully saturated rings. The quantitative estimate of drug-likeness (QED) is 0.368. The lowest BCUT2D eigenvalue weighted by Gasteiger charge is -1.99. The first kappa shape index (κ1) is 15.4. The van der Waals surface area contributed by atoms with Crippen LogP contribution in [0.15, 0.2) is 53.5 Å². The summed E-state index contributed by atoms with van der Waals surface area (Å²) in [6.07, 6.45) is 1.68. The number of nitro groups is 1. The molecule has 6 nitrogen and oxygen atoms in total. The van der Waals surface area contributed by atoms with Crippen molar-refractivity contribution >= 4 is 17.9 Å². The summed E-state index contributed by atoms with van der Waals surface area (Å²) >= 11 is 0. The average Bonchev–Trinajstić information content (AvgIpc) is 2.55. The highest BCUT2D eigenvalue weighted by molar-refractivity contribution is 5.90. The number of esters is 1. The molecule has 2 rings (SSSR count). The molecule has 0 aliphatic rings. The Morgan fingerprint density at radius 2 is 1.82 bits per heavy atom. The van der Waals surface area contributed by atoms with E-state index >= 15 is 0 Å². The van der Waals surface area contributed by atoms with E-state index in [0.29, 0.717) is 12.1 Å². The van der Waals surface area contributed by atoms with Crippen LogP contribution in [0.1, 0.15) is 21.5 Å². The Morgan fingerprint density at radius 1 is 1.18 bits per heavy atom. The van der Waals surface area contributed by atoms with E-state index in [-0.39, 0.29) is 11.7 Å². The van der Waals surface area contributed by atoms with Gasteiger partial charge in [-0.05, 0) is 23.3 Å². The lowest BCUT2D eigenvalue weighted by molar-refractivity contribution is -0.384. The van der Waals surface area contributed by atoms with Gasteiger partial charge in [0.1, 0.15) is 0 Å². The molecule has 2 aromatic rings. The number of rotatable bonds is 5. The largest absolute Gasteiger partial charge is 0.465 e. The van der Waals surface area contributed by atoms with Crippen LogP contribution in [0.5, 0.6) is 0 Å². The number of carbonyl (C=O) groups is 1. The topological polar surface area (TPSA) is 81.8 Å². The number of carbonyl (C=O) groups excluding carboxylic acids is 1. The Labute approximate surface area is 127 Å². The molecule has 0 N–H and O–H groups in total. The Hall–Kier alpha value is -3.02. The van der Waals surface area contributed by atoms with Gasteiger partial charge in [-0.2, -0.15) is 0 Å². The summed E-state index contributed by atoms with van der Waals surface area (Å²) < 4.78 is 4.62. The van der Waals surface area contributed by atoms with Gasteiger partial charge in [0.05, 0.1) is 24.1 Å². The maximum atomic E-state index is 11.3. The van der Waals surface area contributed by atoms with Gasteiger partial charge in [-0.25, -0.2) is 4.79 Å². The lowest BCUT2D eigenvalue weighted by atomic mass is 10.1. The standard InChI is InChI=1S/C16H14N2O4/c1-22-16(19)14-6-2-12(3-7-14)10-17-11-13-4-8-15(9-5-13)18(20)21/h2-10H,11H2,1H3. The minimum Gasteiger partial charge on any atom is -0.465 e. The fourth-order valence-electron chi connectivity index (χ4n) is 1.80. The van der Waals surface area contributed by atoms with E-state index in [1.807, 2.05) is 0 Å². The number of nitro benzene ring substituents is 1. The number of non-ortho nitro benzene ring substituents is 1. The predicted octanol–water partition coefficient (Wildman–Crippen LogP) is 3.00. The highest BCUT2D eigenvalue weighted by Crippen LogP contribution is 2.12. The first-order valence-corrected chi connectivity index (χ1v) is 6.51. The summed E-state index contributed by atoms with van der Waals surface area (Å²) in [7, 11) is 1.34. The molecule has 6 heteroatoms. The summed E-state index contributed by atoms with van der Waals surface area (Å²) in [4.78, 5) is 25.7. The number of methoxy groups -OCH3 is 1. The van der Waals surface area contributed by atoms with E-state index in [9.17, 15) is 14.9 Å². The summed E-state index contributed by atoms with van der Waals surface area (Å²) in [6, 6.07) is 13.1. The first-order valence-electron chi connectivity index (χ1n) is 6.51. The third kappa shape index (κ3) is 3.99. The fraction of sp³-hybridized carbons (Fsp3) is 0.125. The molecule has 0 bridgehead atoms. The van der Waals surface area contributed by atoms with Gasteiger partial charge in [-0.15, -0.1) is 0 Å². The van der Waals surface area contributed by atoms with Gasteiger partial charge in [0.2, 0.25) is 0 Å². The SMILES string of the molecule is COC(=O)c1ccc(C=NCc2ccc([N+](=O)[O-])cc2)cc1. The average molecular weight is 298 g/mol. The van der Waals surface area contributed by atoms with Crippen molar-refractivity contribution in [1.82, 2.24) is 0 Å². The number of hydrogen-bond donors (Lipinski definition) is 0. The van der Waals surface area contributed by atoms with Gasteiger partial charge in [-0.1, -0.05) is 24.3 Å². The van der Waals surface area contributed by atoms with Crippen molar-refractivity contribution in [2.45, 2.75) is 6.54 Å². The lowest BCUT2D eigenvalue weighted by Crippen LogP contribution is -2.00. The van der Waals surface area contributed by atoms with Crippen molar-refractivity contribution in [3.05, 3.63) is 75.3 Å². The molecule has 0 atom stereocenters. The van der Waals surface area contributed by atoms with E-state index in [0.717, 1.165) is 11.1 Å². The smallest absolute Gasteiger partial charge is 0.337 e. The Bertz CT molecular complexity index is 691. The summed E-state index contributed by atoms with van der Waals surface area (Å²) in [5.74, 6) is -0.380. The van der Waals surface area contributed by atoms with Crippen molar-refractivity contribution in [2.75, 3.05) is 7.11 Å². The third-order valence-electron chi connectivity index (χ3n) is 2.99. The molecular formula is C16H14N2O4. The number of aliphatic imine (C=N–C) groups is 1. The zero-order valence-electron chi connectivity index (χ0n) is 11.9. The summed E-state index contributed by atoms with van der Waals surface area (Å²) in [6.45, 7) is 0.427. The molecule has 0 radical (unpaired) electrons. The van der Waals surface area contributed by atoms with Gasteiger partial charge in [0, 0.05) is 18.3 Å². The molecule has 22 heavy (non-hydrogen) atoms. The van der Waals surface area contributed by atoms with Gasteiger partial charge in [0.15, 0.2) is 0 Å². The molecule has 0 aliphatic heterocycles. The fourth-order valence-corrected chi connectivity index (χ4v) is 1.80. The molecule has 0 unspecified atom stereocenters. The number of benzene rings is 2. The minimum atomic E-state index is -0.435. The second kappa shape index (κ2) is 7.12. The van der Waals surface area contributed by atoms with Crippen LogP contribution in [0.25, 0.3) is 0 Å². The number of nitrogens with zero attached hydrogens (tertiary/aromatic N) is 2. The van der Waals surface area contributed by atoms with Crippen LogP contribution >= 0.6 is 0 Å². The molecule has 0 saturated heterocycles. The number of ether oxygens (including phenoxy) is 1. The monoisotopic (exact) mass is 298 g/mol. The first-order chi connectivity index (χ1) is 10.6. The van der Waals surface area contributed by atoms with Gasteiger partial charge in [0.25, 0.3) is 5.69 Å². The molecule has 0 amide bonds. The van der Waals surface area contributed by atoms with E-state index in [2.05, 4.69) is 9.73 Å². The molecule has 0 saturated carbocycles. The Kier molecular flexibility index (Phi) is 4.98. The second-order valence-electron chi connectivity index (χ2n) is 4.51. The van der Waals surface area contributed by atoms with Crippen LogP contribution in [0.2, 0.25) is 0 Å². The normalized spacial score (nSPS) is 10.6. The maximum absolute atomic E-state index is 11.3. The third-order valence-corrected chi connectivity index (χ3v) is 2.99. The molecule has 112 valence electrons. The summed E-state index contributed by atoms with van der Waals surface area (Å²) in [5.41, 5.74) is 2.28. The van der Waals surface area contributed by atoms with Crippen LogP contribution < -0.4 is 0 Å². The zero-order valence-corrected chi connectivity index (χ0v) is 11.9. The van der Waals surface area contributed by atoms with E-state index in [1.165, 1.54) is 19.2 Å². The van der Waals surface area contributed by atoms with Crippen molar-refractivity contribution < 1.29 is 14.5 Å². The van der Waals surface area contributed by atoms with Crippen LogP contribution in [-0.4, -0.2) is 24.2 Å². The molecule has 2 aromatic carbocycles. The predicted molar refractivity (Wildman–Crippen MR) is 82.2 cm³/mol. The van der Waals surface area contributed by atoms with Crippen LogP contribution in [-0.2, 0) is 11.3 Å². The zero-order chi connectivity index (χ0) is 15.9. The number of hydrogen-bond acceptors (Lipinski definition) is 5. The van der Waals surface area contributed by atoms with Crippen molar-refractivity contribution in [1.29, 1.82) is 0 Å². The molecule has 0 aliphatic carbocycles. The van der Waals surface area contributed by atoms with E-state index < -0.39 is 4.92 Å². The minimum absolute atomic E-state index is 0.0612. The molecule has 0 heterocycles. The molecule has 0 spiro atoms. The summed E-state index contributed by atoms with van der Waals surface area (Å²) in [5, 5.41) is 10.6. The Balaban J connectivity index is 1.97. The van der Waals surface area contributed by atoms with Crippen LogP contribution in [0.4, 0.5) is 5.69 Å². The molecule has 0 aromatic heterocycles. The van der Waals surface area contributed by atoms with Crippen molar-refractivity contribution in [2.24, 2.45) is 4.99 Å². The van der Waals surface area contributed by atoms with Gasteiger partial charge < -0.3 is 4.74 Å². The van der Waals surface area contributed by atoms with E-state index in [1.54, 1.807) is 42.6 Å². The van der Waals surface area contributed by atoms with Gasteiger partial charge in [-0.3, -0.25) is 15.1 Å². The highest BCUT2D eigenvalue weighted by atomic mass is 16.6. The van der Waals surface area contributed by atoms with Crippen molar-refractivity contribution in [3.8, 4) is 0 Å². The highest BCUT2D eigenvalue weighted by Gasteiger charge is 2.04. The van der Waals surface area contributed by atoms with Crippen LogP contribution in [0, 0.1) is 10.1 Å². The van der Waals surface area contributed by atoms with E-state index in [4.69, 9.17) is 0 Å². The molecular weight excluding hydrogens is 284 g/mol. The second-order valence-corrected chi connectivity index (χ2v) is 4.51. The maximum Gasteiger partial charge on any atom is 0.337 e. The van der Waals surface area contributed by atoms with Crippen molar-refractivity contribution in [3.63, 3.8) is 0 Å². The van der Waals surface area contributed by atoms with Crippen LogP contribution in [0.3, 0.4) is 0 Å². The Morgan fingerprint density at radius 3 is 2.36 bits per heavy atom.